The Morgan fingerprint density at radius 2 is 1.08 bits per heavy atom. The van der Waals surface area contributed by atoms with Crippen LogP contribution in [0, 0.1) is 13.8 Å². The zero-order chi connectivity index (χ0) is 45.3. The normalized spacial score (nSPS) is 18.2. The molecule has 2 aliphatic rings. The Bertz CT molecular complexity index is 2740. The Morgan fingerprint density at radius 3 is 1.54 bits per heavy atom. The van der Waals surface area contributed by atoms with Crippen LogP contribution in [0.2, 0.25) is 0 Å². The molecule has 63 heavy (non-hydrogen) atoms. The highest BCUT2D eigenvalue weighted by Gasteiger charge is 2.45. The summed E-state index contributed by atoms with van der Waals surface area (Å²) in [4.78, 5) is 9.05. The number of fused-ring (bicyclic) bond motifs is 2. The molecule has 7 aromatic heterocycles. The van der Waals surface area contributed by atoms with Crippen LogP contribution in [0.3, 0.4) is 0 Å². The van der Waals surface area contributed by atoms with Crippen molar-refractivity contribution in [2.24, 2.45) is 14.1 Å². The van der Waals surface area contributed by atoms with Crippen molar-refractivity contribution < 1.29 is 39.5 Å². The van der Waals surface area contributed by atoms with E-state index in [0.29, 0.717) is 44.6 Å². The predicted molar refractivity (Wildman–Crippen MR) is 218 cm³/mol. The predicted octanol–water partition coefficient (Wildman–Crippen LogP) is 10.3. The third-order valence-corrected chi connectivity index (χ3v) is 12.5. The van der Waals surface area contributed by atoms with E-state index in [2.05, 4.69) is 51.6 Å². The van der Waals surface area contributed by atoms with Crippen LogP contribution >= 0.6 is 15.9 Å². The monoisotopic (exact) mass is 952 g/mol. The summed E-state index contributed by atoms with van der Waals surface area (Å²) in [7, 11) is 3.52. The largest absolute Gasteiger partial charge is 0.408 e. The molecule has 0 amide bonds. The third kappa shape index (κ3) is 9.36. The third-order valence-electron chi connectivity index (χ3n) is 11.9. The van der Waals surface area contributed by atoms with Crippen LogP contribution < -0.4 is 0 Å². The van der Waals surface area contributed by atoms with E-state index >= 15 is 8.78 Å². The molecule has 0 aliphatic heterocycles. The summed E-state index contributed by atoms with van der Waals surface area (Å²) in [5.41, 5.74) is 4.18. The van der Waals surface area contributed by atoms with Gasteiger partial charge in [-0.15, -0.1) is 10.2 Å². The number of rotatable bonds is 8. The van der Waals surface area contributed by atoms with Gasteiger partial charge in [0.25, 0.3) is 0 Å². The van der Waals surface area contributed by atoms with E-state index in [1.165, 1.54) is 12.4 Å². The fourth-order valence-electron chi connectivity index (χ4n) is 8.56. The molecule has 7 aromatic rings. The van der Waals surface area contributed by atoms with E-state index < -0.39 is 61.6 Å². The SMILES string of the molecule is Cc1nnn(C)c1-c1cnc2c(-c3cnn(CC(F)(F)F)c3)cn(CC3(F)CCC(F)(F)CC3)c2c1.Cc1nnn(C)c1-c1cnc2c(Br)cn(CC3(F)CCC(F)(F)CC3)c2c1. The molecule has 0 unspecified atom stereocenters. The maximum atomic E-state index is 15.7. The molecule has 2 saturated carbocycles. The molecule has 2 aliphatic carbocycles. The molecule has 12 nitrogen and oxygen atoms in total. The van der Waals surface area contributed by atoms with Crippen LogP contribution in [0.4, 0.5) is 39.5 Å². The number of alkyl halides is 9. The van der Waals surface area contributed by atoms with Crippen molar-refractivity contribution >= 4 is 38.0 Å². The minimum atomic E-state index is -4.44. The van der Waals surface area contributed by atoms with Gasteiger partial charge < -0.3 is 9.13 Å². The summed E-state index contributed by atoms with van der Waals surface area (Å²) in [5.74, 6) is -5.64. The molecular formula is C41H42BrF9N12. The van der Waals surface area contributed by atoms with Gasteiger partial charge in [-0.2, -0.15) is 18.3 Å². The zero-order valence-electron chi connectivity index (χ0n) is 34.5. The standard InChI is InChI=1S/C23H23F6N7.C18H19BrF3N5/c1-14-20(34(2)33-32-14)15-7-18-19(30-8-15)17(16-9-31-36(10-16)13-23(27,28)29)11-35(18)12-21(24)3-5-22(25,26)6-4-21;1-11-16(26(2)25-24-11)12-7-14-15(23-8-12)13(19)9-27(14)10-17(20)3-5-18(21,22)6-4-17/h7-11H,3-6,12-13H2,1-2H3;7-9H,3-6,10H2,1-2H3. The average molecular weight is 954 g/mol. The van der Waals surface area contributed by atoms with Crippen LogP contribution in [0.25, 0.3) is 55.7 Å². The Morgan fingerprint density at radius 1 is 0.619 bits per heavy atom. The first-order valence-electron chi connectivity index (χ1n) is 20.1. The van der Waals surface area contributed by atoms with Crippen molar-refractivity contribution in [3.05, 3.63) is 65.2 Å². The second-order valence-electron chi connectivity index (χ2n) is 16.8. The summed E-state index contributed by atoms with van der Waals surface area (Å²) in [6, 6.07) is 3.69. The average Bonchev–Trinajstić information content (AvgIpc) is 4.03. The van der Waals surface area contributed by atoms with Crippen LogP contribution in [0.5, 0.6) is 0 Å². The zero-order valence-corrected chi connectivity index (χ0v) is 36.1. The van der Waals surface area contributed by atoms with Gasteiger partial charge in [0.1, 0.15) is 23.4 Å². The van der Waals surface area contributed by atoms with Crippen molar-refractivity contribution in [3.63, 3.8) is 0 Å². The Balaban J connectivity index is 0.000000180. The highest BCUT2D eigenvalue weighted by molar-refractivity contribution is 9.10. The highest BCUT2D eigenvalue weighted by atomic mass is 79.9. The molecule has 0 spiro atoms. The van der Waals surface area contributed by atoms with E-state index in [1.807, 2.05) is 13.0 Å². The number of pyridine rings is 2. The molecule has 7 heterocycles. The van der Waals surface area contributed by atoms with Gasteiger partial charge in [0.15, 0.2) is 0 Å². The smallest absolute Gasteiger partial charge is 0.342 e. The summed E-state index contributed by atoms with van der Waals surface area (Å²) in [6.45, 7) is 2.23. The fraction of sp³-hybridized carbons (Fsp3) is 0.488. The van der Waals surface area contributed by atoms with Crippen molar-refractivity contribution in [3.8, 4) is 33.6 Å². The molecule has 0 N–H and O–H groups in total. The summed E-state index contributed by atoms with van der Waals surface area (Å²) < 4.78 is 132. The number of hydrogen-bond acceptors (Lipinski definition) is 7. The van der Waals surface area contributed by atoms with Crippen molar-refractivity contribution in [2.45, 2.75) is 114 Å². The second-order valence-corrected chi connectivity index (χ2v) is 17.7. The summed E-state index contributed by atoms with van der Waals surface area (Å²) in [6.07, 6.45) is 2.02. The number of halogens is 10. The lowest BCUT2D eigenvalue weighted by Crippen LogP contribution is -2.38. The van der Waals surface area contributed by atoms with Gasteiger partial charge in [0.05, 0.1) is 63.1 Å². The second kappa shape index (κ2) is 16.1. The minimum Gasteiger partial charge on any atom is -0.342 e. The minimum absolute atomic E-state index is 0.0267. The topological polar surface area (TPSA) is 115 Å². The van der Waals surface area contributed by atoms with Gasteiger partial charge >= 0.3 is 6.18 Å². The number of hydrogen-bond donors (Lipinski definition) is 0. The molecule has 2 fully saturated rings. The van der Waals surface area contributed by atoms with E-state index in [4.69, 9.17) is 0 Å². The van der Waals surface area contributed by atoms with E-state index in [1.54, 1.807) is 70.4 Å². The highest BCUT2D eigenvalue weighted by Crippen LogP contribution is 2.44. The molecule has 0 bridgehead atoms. The molecule has 336 valence electrons. The van der Waals surface area contributed by atoms with Gasteiger partial charge in [-0.1, -0.05) is 10.4 Å². The van der Waals surface area contributed by atoms with Crippen molar-refractivity contribution in [2.75, 3.05) is 0 Å². The number of aryl methyl sites for hydroxylation is 4. The molecule has 0 atom stereocenters. The van der Waals surface area contributed by atoms with E-state index in [9.17, 15) is 30.7 Å². The quantitative estimate of drug-likeness (QED) is 0.139. The van der Waals surface area contributed by atoms with Gasteiger partial charge in [-0.25, -0.2) is 35.7 Å². The van der Waals surface area contributed by atoms with Gasteiger partial charge in [0.2, 0.25) is 11.8 Å². The molecule has 0 radical (unpaired) electrons. The Labute approximate surface area is 362 Å². The van der Waals surface area contributed by atoms with Gasteiger partial charge in [-0.3, -0.25) is 14.6 Å². The Hall–Kier alpha value is -5.28. The van der Waals surface area contributed by atoms with E-state index in [0.717, 1.165) is 31.6 Å². The number of nitrogens with zero attached hydrogens (tertiary/aromatic N) is 12. The van der Waals surface area contributed by atoms with Crippen LogP contribution in [-0.4, -0.2) is 88.2 Å². The van der Waals surface area contributed by atoms with Gasteiger partial charge in [-0.05, 0) is 67.6 Å². The fourth-order valence-corrected chi connectivity index (χ4v) is 9.11. The lowest BCUT2D eigenvalue weighted by molar-refractivity contribution is -0.142. The molecule has 0 saturated heterocycles. The van der Waals surface area contributed by atoms with Crippen molar-refractivity contribution in [1.29, 1.82) is 0 Å². The van der Waals surface area contributed by atoms with Gasteiger partial charge in [0, 0.05) is 93.0 Å². The molecule has 22 heteroatoms. The van der Waals surface area contributed by atoms with Crippen LogP contribution in [-0.2, 0) is 33.7 Å². The first-order valence-corrected chi connectivity index (χ1v) is 20.9. The first-order chi connectivity index (χ1) is 29.5. The lowest BCUT2D eigenvalue weighted by atomic mass is 9.84. The van der Waals surface area contributed by atoms with Crippen LogP contribution in [0.1, 0.15) is 62.8 Å². The summed E-state index contributed by atoms with van der Waals surface area (Å²) in [5, 5.41) is 19.9. The summed E-state index contributed by atoms with van der Waals surface area (Å²) >= 11 is 3.46. The van der Waals surface area contributed by atoms with Crippen LogP contribution in [0.15, 0.2) is 53.8 Å². The molecule has 9 rings (SSSR count). The Kier molecular flexibility index (Phi) is 11.3. The maximum Gasteiger partial charge on any atom is 0.408 e. The maximum absolute atomic E-state index is 15.7. The molecular weight excluding hydrogens is 911 g/mol. The lowest BCUT2D eigenvalue weighted by Gasteiger charge is -2.34. The van der Waals surface area contributed by atoms with Crippen molar-refractivity contribution in [1.82, 2.24) is 58.9 Å². The molecule has 0 aromatic carbocycles. The first kappa shape index (κ1) is 44.3. The van der Waals surface area contributed by atoms with E-state index in [-0.39, 0.29) is 38.8 Å². The number of aromatic nitrogens is 12.